The van der Waals surface area contributed by atoms with E-state index in [0.29, 0.717) is 29.5 Å². The topological polar surface area (TPSA) is 59.2 Å². The summed E-state index contributed by atoms with van der Waals surface area (Å²) in [7, 11) is 0. The van der Waals surface area contributed by atoms with Gasteiger partial charge in [-0.3, -0.25) is 4.79 Å². The summed E-state index contributed by atoms with van der Waals surface area (Å²) in [5.74, 6) is -0.107. The first-order valence-electron chi connectivity index (χ1n) is 6.95. The normalized spacial score (nSPS) is 13.8. The highest BCUT2D eigenvalue weighted by atomic mass is 35.5. The van der Waals surface area contributed by atoms with Crippen LogP contribution < -0.4 is 5.73 Å². The van der Waals surface area contributed by atoms with E-state index in [9.17, 15) is 4.79 Å². The van der Waals surface area contributed by atoms with Crippen LogP contribution in [0, 0.1) is 0 Å². The zero-order chi connectivity index (χ0) is 15.7. The molecule has 0 unspecified atom stereocenters. The lowest BCUT2D eigenvalue weighted by molar-refractivity contribution is 0.0727. The minimum Gasteiger partial charge on any atom is -0.397 e. The first-order valence-corrected chi connectivity index (χ1v) is 8.55. The van der Waals surface area contributed by atoms with Gasteiger partial charge in [-0.15, -0.1) is 11.8 Å². The lowest BCUT2D eigenvalue weighted by Crippen LogP contribution is -2.36. The van der Waals surface area contributed by atoms with Crippen LogP contribution in [0.1, 0.15) is 21.6 Å². The number of rotatable bonds is 2. The largest absolute Gasteiger partial charge is 0.397 e. The van der Waals surface area contributed by atoms with Crippen molar-refractivity contribution in [3.8, 4) is 0 Å². The number of nitrogens with two attached hydrogens (primary N) is 1. The molecule has 4 nitrogen and oxygen atoms in total. The maximum absolute atomic E-state index is 12.6. The zero-order valence-corrected chi connectivity index (χ0v) is 13.7. The van der Waals surface area contributed by atoms with Gasteiger partial charge in [-0.1, -0.05) is 23.7 Å². The average Bonchev–Trinajstić information content (AvgIpc) is 2.55. The predicted octanol–water partition coefficient (Wildman–Crippen LogP) is 3.24. The minimum absolute atomic E-state index is 0.107. The standard InChI is InChI=1S/C16H16ClN3OS/c1-22-15-4-2-3-10-5-6-20(9-11(10)15)16(21)14-7-13(18)12(17)8-19-14/h2-4,7-8H,5-6,9H2,1H3,(H2,18,19). The summed E-state index contributed by atoms with van der Waals surface area (Å²) in [5, 5.41) is 0.366. The number of halogens is 1. The molecule has 1 amide bonds. The van der Waals surface area contributed by atoms with Crippen molar-refractivity contribution in [3.05, 3.63) is 52.3 Å². The van der Waals surface area contributed by atoms with Crippen LogP contribution in [0.2, 0.25) is 5.02 Å². The quantitative estimate of drug-likeness (QED) is 0.857. The summed E-state index contributed by atoms with van der Waals surface area (Å²) in [5.41, 5.74) is 9.03. The van der Waals surface area contributed by atoms with Crippen LogP contribution in [0.4, 0.5) is 5.69 Å². The maximum Gasteiger partial charge on any atom is 0.272 e. The van der Waals surface area contributed by atoms with Crippen LogP contribution in [0.25, 0.3) is 0 Å². The van der Waals surface area contributed by atoms with E-state index in [4.69, 9.17) is 17.3 Å². The number of pyridine rings is 1. The Morgan fingerprint density at radius 1 is 1.45 bits per heavy atom. The van der Waals surface area contributed by atoms with Crippen LogP contribution >= 0.6 is 23.4 Å². The molecule has 6 heteroatoms. The molecule has 1 aromatic carbocycles. The van der Waals surface area contributed by atoms with E-state index < -0.39 is 0 Å². The predicted molar refractivity (Wildman–Crippen MR) is 90.3 cm³/mol. The number of fused-ring (bicyclic) bond motifs is 1. The van der Waals surface area contributed by atoms with Gasteiger partial charge in [-0.25, -0.2) is 4.98 Å². The van der Waals surface area contributed by atoms with Crippen molar-refractivity contribution >= 4 is 35.0 Å². The van der Waals surface area contributed by atoms with Crippen molar-refractivity contribution in [3.63, 3.8) is 0 Å². The fraction of sp³-hybridized carbons (Fsp3) is 0.250. The highest BCUT2D eigenvalue weighted by Crippen LogP contribution is 2.29. The molecule has 22 heavy (non-hydrogen) atoms. The number of thioether (sulfide) groups is 1. The number of hydrogen-bond donors (Lipinski definition) is 1. The van der Waals surface area contributed by atoms with E-state index in [1.54, 1.807) is 17.8 Å². The molecular formula is C16H16ClN3OS. The molecule has 1 aromatic heterocycles. The van der Waals surface area contributed by atoms with Crippen molar-refractivity contribution in [2.45, 2.75) is 17.9 Å². The van der Waals surface area contributed by atoms with Gasteiger partial charge in [0.25, 0.3) is 5.91 Å². The summed E-state index contributed by atoms with van der Waals surface area (Å²) >= 11 is 7.57. The Balaban J connectivity index is 1.87. The smallest absolute Gasteiger partial charge is 0.272 e. The molecule has 0 fully saturated rings. The van der Waals surface area contributed by atoms with Gasteiger partial charge in [0.05, 0.1) is 10.7 Å². The van der Waals surface area contributed by atoms with E-state index in [0.717, 1.165) is 6.42 Å². The third kappa shape index (κ3) is 2.78. The number of nitrogens with zero attached hydrogens (tertiary/aromatic N) is 2. The number of carbonyl (C=O) groups excluding carboxylic acids is 1. The lowest BCUT2D eigenvalue weighted by atomic mass is 9.99. The van der Waals surface area contributed by atoms with Crippen molar-refractivity contribution in [2.75, 3.05) is 18.5 Å². The summed E-state index contributed by atoms with van der Waals surface area (Å²) in [4.78, 5) is 19.8. The molecule has 1 aliphatic heterocycles. The Kier molecular flexibility index (Phi) is 4.27. The Hall–Kier alpha value is -1.72. The monoisotopic (exact) mass is 333 g/mol. The second-order valence-corrected chi connectivity index (χ2v) is 6.42. The van der Waals surface area contributed by atoms with Crippen molar-refractivity contribution in [2.24, 2.45) is 0 Å². The van der Waals surface area contributed by atoms with Gasteiger partial charge in [0.1, 0.15) is 5.69 Å². The fourth-order valence-corrected chi connectivity index (χ4v) is 3.41. The number of anilines is 1. The van der Waals surface area contributed by atoms with Gasteiger partial charge >= 0.3 is 0 Å². The molecule has 0 atom stereocenters. The molecule has 0 bridgehead atoms. The highest BCUT2D eigenvalue weighted by molar-refractivity contribution is 7.98. The molecule has 2 aromatic rings. The van der Waals surface area contributed by atoms with Crippen LogP contribution in [-0.4, -0.2) is 28.6 Å². The summed E-state index contributed by atoms with van der Waals surface area (Å²) in [6.07, 6.45) is 4.34. The van der Waals surface area contributed by atoms with E-state index in [1.807, 2.05) is 4.90 Å². The molecule has 0 aliphatic carbocycles. The molecule has 0 spiro atoms. The molecule has 1 aliphatic rings. The second-order valence-electron chi connectivity index (χ2n) is 5.17. The summed E-state index contributed by atoms with van der Waals surface area (Å²) in [6, 6.07) is 7.84. The molecule has 2 N–H and O–H groups in total. The summed E-state index contributed by atoms with van der Waals surface area (Å²) in [6.45, 7) is 1.29. The SMILES string of the molecule is CSc1cccc2c1CN(C(=O)c1cc(N)c(Cl)cn1)CC2. The van der Waals surface area contributed by atoms with E-state index in [1.165, 1.54) is 22.2 Å². The van der Waals surface area contributed by atoms with Gasteiger partial charge in [0.15, 0.2) is 0 Å². The van der Waals surface area contributed by atoms with Crippen LogP contribution in [-0.2, 0) is 13.0 Å². The molecule has 0 radical (unpaired) electrons. The Morgan fingerprint density at radius 2 is 2.27 bits per heavy atom. The van der Waals surface area contributed by atoms with Crippen LogP contribution in [0.3, 0.4) is 0 Å². The average molecular weight is 334 g/mol. The fourth-order valence-electron chi connectivity index (χ4n) is 2.65. The minimum atomic E-state index is -0.107. The number of hydrogen-bond acceptors (Lipinski definition) is 4. The zero-order valence-electron chi connectivity index (χ0n) is 12.2. The number of benzene rings is 1. The summed E-state index contributed by atoms with van der Waals surface area (Å²) < 4.78 is 0. The van der Waals surface area contributed by atoms with E-state index >= 15 is 0 Å². The Labute approximate surface area is 138 Å². The van der Waals surface area contributed by atoms with Crippen molar-refractivity contribution in [1.82, 2.24) is 9.88 Å². The van der Waals surface area contributed by atoms with Crippen LogP contribution in [0.15, 0.2) is 35.4 Å². The van der Waals surface area contributed by atoms with E-state index in [-0.39, 0.29) is 5.91 Å². The third-order valence-corrected chi connectivity index (χ3v) is 4.98. The highest BCUT2D eigenvalue weighted by Gasteiger charge is 2.24. The van der Waals surface area contributed by atoms with Crippen molar-refractivity contribution in [1.29, 1.82) is 0 Å². The molecule has 0 saturated heterocycles. The van der Waals surface area contributed by atoms with Gasteiger partial charge in [0.2, 0.25) is 0 Å². The van der Waals surface area contributed by atoms with Gasteiger partial charge in [-0.05, 0) is 35.9 Å². The molecule has 0 saturated carbocycles. The van der Waals surface area contributed by atoms with Gasteiger partial charge < -0.3 is 10.6 Å². The number of aromatic nitrogens is 1. The number of carbonyl (C=O) groups is 1. The van der Waals surface area contributed by atoms with Gasteiger partial charge in [0, 0.05) is 24.2 Å². The number of amides is 1. The Morgan fingerprint density at radius 3 is 3.00 bits per heavy atom. The third-order valence-electron chi connectivity index (χ3n) is 3.84. The lowest BCUT2D eigenvalue weighted by Gasteiger charge is -2.30. The molecule has 2 heterocycles. The van der Waals surface area contributed by atoms with Crippen LogP contribution in [0.5, 0.6) is 0 Å². The second kappa shape index (κ2) is 6.18. The Bertz CT molecular complexity index is 721. The molecular weight excluding hydrogens is 318 g/mol. The maximum atomic E-state index is 12.6. The van der Waals surface area contributed by atoms with E-state index in [2.05, 4.69) is 29.4 Å². The van der Waals surface area contributed by atoms with Gasteiger partial charge in [-0.2, -0.15) is 0 Å². The molecule has 114 valence electrons. The number of nitrogen functional groups attached to an aromatic ring is 1. The first kappa shape index (κ1) is 15.2. The first-order chi connectivity index (χ1) is 10.6. The molecule has 3 rings (SSSR count). The van der Waals surface area contributed by atoms with Crippen molar-refractivity contribution < 1.29 is 4.79 Å².